The zero-order valence-electron chi connectivity index (χ0n) is 15.7. The molecule has 2 amide bonds. The molecule has 1 N–H and O–H groups in total. The molecule has 1 fully saturated rings. The standard InChI is InChI=1S/C20H28N2O4/c1-14(2)26-19(24)13-18(16-7-5-4-6-8-16)21-20(25)17-9-11-22(12-10-17)15(3)23/h4-8,14,17-18H,9-13H2,1-3H3,(H,21,25)/t18-/m1/s1. The number of rotatable bonds is 6. The van der Waals surface area contributed by atoms with E-state index >= 15 is 0 Å². The Morgan fingerprint density at radius 1 is 1.15 bits per heavy atom. The fraction of sp³-hybridized carbons (Fsp3) is 0.550. The lowest BCUT2D eigenvalue weighted by atomic mass is 9.94. The molecule has 1 aromatic carbocycles. The Morgan fingerprint density at radius 3 is 2.31 bits per heavy atom. The Kier molecular flexibility index (Phi) is 7.18. The monoisotopic (exact) mass is 360 g/mol. The highest BCUT2D eigenvalue weighted by Gasteiger charge is 2.28. The molecule has 0 spiro atoms. The van der Waals surface area contributed by atoms with E-state index in [0.29, 0.717) is 25.9 Å². The molecule has 1 aliphatic heterocycles. The fourth-order valence-corrected chi connectivity index (χ4v) is 3.16. The minimum absolute atomic E-state index is 0.0439. The topological polar surface area (TPSA) is 75.7 Å². The second-order valence-electron chi connectivity index (χ2n) is 6.99. The highest BCUT2D eigenvalue weighted by Crippen LogP contribution is 2.22. The summed E-state index contributed by atoms with van der Waals surface area (Å²) in [6.45, 7) is 6.34. The molecule has 1 heterocycles. The molecule has 0 aliphatic carbocycles. The van der Waals surface area contributed by atoms with Crippen molar-refractivity contribution in [2.75, 3.05) is 13.1 Å². The summed E-state index contributed by atoms with van der Waals surface area (Å²) in [4.78, 5) is 38.0. The van der Waals surface area contributed by atoms with Crippen LogP contribution in [0.15, 0.2) is 30.3 Å². The summed E-state index contributed by atoms with van der Waals surface area (Å²) in [5.41, 5.74) is 0.878. The maximum absolute atomic E-state index is 12.7. The van der Waals surface area contributed by atoms with Gasteiger partial charge in [0, 0.05) is 25.9 Å². The average molecular weight is 360 g/mol. The van der Waals surface area contributed by atoms with E-state index in [4.69, 9.17) is 4.74 Å². The summed E-state index contributed by atoms with van der Waals surface area (Å²) < 4.78 is 5.24. The van der Waals surface area contributed by atoms with E-state index in [0.717, 1.165) is 5.56 Å². The third-order valence-electron chi connectivity index (χ3n) is 4.57. The molecule has 1 aromatic rings. The maximum atomic E-state index is 12.7. The van der Waals surface area contributed by atoms with Gasteiger partial charge in [-0.3, -0.25) is 14.4 Å². The van der Waals surface area contributed by atoms with Gasteiger partial charge in [-0.1, -0.05) is 30.3 Å². The number of amides is 2. The first kappa shape index (κ1) is 19.9. The number of nitrogens with zero attached hydrogens (tertiary/aromatic N) is 1. The second kappa shape index (κ2) is 9.36. The van der Waals surface area contributed by atoms with Crippen LogP contribution >= 0.6 is 0 Å². The number of carbonyl (C=O) groups is 3. The smallest absolute Gasteiger partial charge is 0.308 e. The third-order valence-corrected chi connectivity index (χ3v) is 4.57. The van der Waals surface area contributed by atoms with Gasteiger partial charge in [0.1, 0.15) is 0 Å². The number of ether oxygens (including phenoxy) is 1. The molecule has 0 radical (unpaired) electrons. The van der Waals surface area contributed by atoms with Gasteiger partial charge in [0.25, 0.3) is 0 Å². The molecule has 0 aromatic heterocycles. The third kappa shape index (κ3) is 5.86. The van der Waals surface area contributed by atoms with E-state index in [1.54, 1.807) is 25.7 Å². The molecule has 1 atom stereocenters. The predicted molar refractivity (Wildman–Crippen MR) is 98.1 cm³/mol. The number of likely N-dealkylation sites (tertiary alicyclic amines) is 1. The van der Waals surface area contributed by atoms with Gasteiger partial charge in [0.15, 0.2) is 0 Å². The van der Waals surface area contributed by atoms with Crippen LogP contribution in [0.5, 0.6) is 0 Å². The first-order chi connectivity index (χ1) is 12.4. The summed E-state index contributed by atoms with van der Waals surface area (Å²) in [5, 5.41) is 3.01. The SMILES string of the molecule is CC(=O)N1CCC(C(=O)N[C@H](CC(=O)OC(C)C)c2ccccc2)CC1. The van der Waals surface area contributed by atoms with Gasteiger partial charge < -0.3 is 15.0 Å². The molecule has 6 heteroatoms. The number of hydrogen-bond donors (Lipinski definition) is 1. The van der Waals surface area contributed by atoms with Crippen LogP contribution < -0.4 is 5.32 Å². The van der Waals surface area contributed by atoms with Crippen molar-refractivity contribution < 1.29 is 19.1 Å². The van der Waals surface area contributed by atoms with Crippen molar-refractivity contribution in [3.8, 4) is 0 Å². The zero-order valence-corrected chi connectivity index (χ0v) is 15.7. The number of esters is 1. The lowest BCUT2D eigenvalue weighted by molar-refractivity contribution is -0.148. The normalized spacial score (nSPS) is 16.2. The Morgan fingerprint density at radius 2 is 1.77 bits per heavy atom. The quantitative estimate of drug-likeness (QED) is 0.791. The molecule has 1 aliphatic rings. The van der Waals surface area contributed by atoms with Crippen LogP contribution in [0, 0.1) is 5.92 Å². The van der Waals surface area contributed by atoms with Crippen molar-refractivity contribution in [3.63, 3.8) is 0 Å². The van der Waals surface area contributed by atoms with E-state index in [2.05, 4.69) is 5.32 Å². The molecule has 0 unspecified atom stereocenters. The van der Waals surface area contributed by atoms with Crippen LogP contribution in [0.25, 0.3) is 0 Å². The van der Waals surface area contributed by atoms with E-state index < -0.39 is 6.04 Å². The van der Waals surface area contributed by atoms with Gasteiger partial charge in [-0.2, -0.15) is 0 Å². The Hall–Kier alpha value is -2.37. The average Bonchev–Trinajstić information content (AvgIpc) is 2.61. The summed E-state index contributed by atoms with van der Waals surface area (Å²) >= 11 is 0. The molecular weight excluding hydrogens is 332 g/mol. The molecule has 0 bridgehead atoms. The van der Waals surface area contributed by atoms with Gasteiger partial charge >= 0.3 is 5.97 Å². The van der Waals surface area contributed by atoms with Crippen molar-refractivity contribution in [1.82, 2.24) is 10.2 Å². The predicted octanol–water partition coefficient (Wildman–Crippen LogP) is 2.44. The lowest BCUT2D eigenvalue weighted by Gasteiger charge is -2.31. The second-order valence-corrected chi connectivity index (χ2v) is 6.99. The van der Waals surface area contributed by atoms with Gasteiger partial charge in [-0.15, -0.1) is 0 Å². The van der Waals surface area contributed by atoms with E-state index in [1.165, 1.54) is 0 Å². The van der Waals surface area contributed by atoms with Crippen LogP contribution in [-0.2, 0) is 19.1 Å². The van der Waals surface area contributed by atoms with E-state index in [9.17, 15) is 14.4 Å². The minimum Gasteiger partial charge on any atom is -0.463 e. The van der Waals surface area contributed by atoms with E-state index in [1.807, 2.05) is 30.3 Å². The van der Waals surface area contributed by atoms with Crippen LogP contribution in [0.4, 0.5) is 0 Å². The highest BCUT2D eigenvalue weighted by atomic mass is 16.5. The van der Waals surface area contributed by atoms with Crippen molar-refractivity contribution in [2.45, 2.75) is 52.2 Å². The molecule has 142 valence electrons. The Balaban J connectivity index is 2.01. The van der Waals surface area contributed by atoms with Crippen LogP contribution in [0.1, 0.15) is 51.6 Å². The van der Waals surface area contributed by atoms with Gasteiger partial charge in [-0.05, 0) is 32.3 Å². The molecule has 0 saturated carbocycles. The summed E-state index contributed by atoms with van der Waals surface area (Å²) in [7, 11) is 0. The van der Waals surface area contributed by atoms with Crippen molar-refractivity contribution in [2.24, 2.45) is 5.92 Å². The molecular formula is C20H28N2O4. The summed E-state index contributed by atoms with van der Waals surface area (Å²) in [5.74, 6) is -0.500. The molecule has 26 heavy (non-hydrogen) atoms. The van der Waals surface area contributed by atoms with Crippen LogP contribution in [0.3, 0.4) is 0 Å². The van der Waals surface area contributed by atoms with Crippen molar-refractivity contribution in [1.29, 1.82) is 0 Å². The Labute approximate surface area is 154 Å². The van der Waals surface area contributed by atoms with Gasteiger partial charge in [0.2, 0.25) is 11.8 Å². The Bertz CT molecular complexity index is 622. The zero-order chi connectivity index (χ0) is 19.1. The number of carbonyl (C=O) groups excluding carboxylic acids is 3. The van der Waals surface area contributed by atoms with Crippen LogP contribution in [-0.4, -0.2) is 41.9 Å². The number of piperidine rings is 1. The molecule has 1 saturated heterocycles. The lowest BCUT2D eigenvalue weighted by Crippen LogP contribution is -2.43. The molecule has 6 nitrogen and oxygen atoms in total. The maximum Gasteiger partial charge on any atom is 0.308 e. The first-order valence-electron chi connectivity index (χ1n) is 9.17. The minimum atomic E-state index is -0.416. The van der Waals surface area contributed by atoms with Crippen molar-refractivity contribution in [3.05, 3.63) is 35.9 Å². The van der Waals surface area contributed by atoms with E-state index in [-0.39, 0.29) is 36.2 Å². The number of hydrogen-bond acceptors (Lipinski definition) is 4. The molecule has 2 rings (SSSR count). The largest absolute Gasteiger partial charge is 0.463 e. The number of benzene rings is 1. The number of nitrogens with one attached hydrogen (secondary N) is 1. The summed E-state index contributed by atoms with van der Waals surface area (Å²) in [6.07, 6.45) is 1.19. The highest BCUT2D eigenvalue weighted by molar-refractivity contribution is 5.81. The van der Waals surface area contributed by atoms with Crippen molar-refractivity contribution >= 4 is 17.8 Å². The van der Waals surface area contributed by atoms with Crippen LogP contribution in [0.2, 0.25) is 0 Å². The van der Waals surface area contributed by atoms with Gasteiger partial charge in [-0.25, -0.2) is 0 Å². The summed E-state index contributed by atoms with van der Waals surface area (Å²) in [6, 6.07) is 9.03. The van der Waals surface area contributed by atoms with Gasteiger partial charge in [0.05, 0.1) is 18.6 Å². The first-order valence-corrected chi connectivity index (χ1v) is 9.17. The fourth-order valence-electron chi connectivity index (χ4n) is 3.16.